The number of nitrogens with zero attached hydrogens (tertiary/aromatic N) is 2. The number of carbonyl (C=O) groups excluding carboxylic acids is 1. The lowest BCUT2D eigenvalue weighted by Crippen LogP contribution is -2.54. The number of amides is 1. The molecule has 2 rings (SSSR count). The second kappa shape index (κ2) is 5.09. The molecule has 18 heavy (non-hydrogen) atoms. The van der Waals surface area contributed by atoms with Crippen molar-refractivity contribution in [3.63, 3.8) is 0 Å². The molecule has 1 atom stereocenters. The van der Waals surface area contributed by atoms with Crippen LogP contribution >= 0.6 is 22.6 Å². The minimum atomic E-state index is -0.405. The van der Waals surface area contributed by atoms with E-state index in [9.17, 15) is 14.9 Å². The van der Waals surface area contributed by atoms with E-state index >= 15 is 0 Å². The first kappa shape index (κ1) is 13.1. The fourth-order valence-electron chi connectivity index (χ4n) is 1.96. The maximum Gasteiger partial charge on any atom is 0.282 e. The summed E-state index contributed by atoms with van der Waals surface area (Å²) in [7, 11) is 0. The first-order valence-electron chi connectivity index (χ1n) is 5.49. The lowest BCUT2D eigenvalue weighted by Gasteiger charge is -2.34. The van der Waals surface area contributed by atoms with Crippen LogP contribution in [0.3, 0.4) is 0 Å². The van der Waals surface area contributed by atoms with Crippen LogP contribution < -0.4 is 10.2 Å². The predicted molar refractivity (Wildman–Crippen MR) is 75.6 cm³/mol. The smallest absolute Gasteiger partial charge is 0.282 e. The Labute approximate surface area is 118 Å². The monoisotopic (exact) mass is 361 g/mol. The number of nitrogens with one attached hydrogen (secondary N) is 1. The van der Waals surface area contributed by atoms with E-state index in [0.29, 0.717) is 16.7 Å². The number of nitro benzene ring substituents is 1. The van der Waals surface area contributed by atoms with Crippen molar-refractivity contribution in [2.24, 2.45) is 0 Å². The predicted octanol–water partition coefficient (Wildman–Crippen LogP) is 1.52. The topological polar surface area (TPSA) is 75.5 Å². The van der Waals surface area contributed by atoms with Gasteiger partial charge in [0.1, 0.15) is 6.04 Å². The summed E-state index contributed by atoms with van der Waals surface area (Å²) in [6, 6.07) is 4.66. The Morgan fingerprint density at radius 2 is 2.28 bits per heavy atom. The zero-order valence-corrected chi connectivity index (χ0v) is 11.9. The van der Waals surface area contributed by atoms with E-state index in [1.807, 2.05) is 34.4 Å². The molecule has 1 aromatic rings. The number of piperazine rings is 1. The molecule has 1 N–H and O–H groups in total. The molecule has 1 aliphatic rings. The molecular weight excluding hydrogens is 349 g/mol. The minimum absolute atomic E-state index is 0.0189. The van der Waals surface area contributed by atoms with Gasteiger partial charge >= 0.3 is 0 Å². The van der Waals surface area contributed by atoms with Gasteiger partial charge in [0.25, 0.3) is 5.69 Å². The lowest BCUT2D eigenvalue weighted by atomic mass is 10.1. The first-order chi connectivity index (χ1) is 8.50. The summed E-state index contributed by atoms with van der Waals surface area (Å²) < 4.78 is 0.577. The van der Waals surface area contributed by atoms with Gasteiger partial charge in [-0.15, -0.1) is 0 Å². The standard InChI is InChI=1S/C11H12IN3O3/c1-7-11(16)13-4-5-14(7)8-2-3-10(15(17)18)9(12)6-8/h2-3,6-7H,4-5H2,1H3,(H,13,16). The lowest BCUT2D eigenvalue weighted by molar-refractivity contribution is -0.385. The van der Waals surface area contributed by atoms with E-state index in [1.165, 1.54) is 6.07 Å². The van der Waals surface area contributed by atoms with Crippen molar-refractivity contribution in [1.29, 1.82) is 0 Å². The van der Waals surface area contributed by atoms with E-state index < -0.39 is 4.92 Å². The van der Waals surface area contributed by atoms with E-state index in [-0.39, 0.29) is 17.6 Å². The van der Waals surface area contributed by atoms with Crippen LogP contribution in [0.25, 0.3) is 0 Å². The van der Waals surface area contributed by atoms with Crippen molar-refractivity contribution in [2.75, 3.05) is 18.0 Å². The van der Waals surface area contributed by atoms with Gasteiger partial charge in [-0.25, -0.2) is 0 Å². The van der Waals surface area contributed by atoms with Gasteiger partial charge in [0.2, 0.25) is 5.91 Å². The number of rotatable bonds is 2. The van der Waals surface area contributed by atoms with Crippen LogP contribution in [0, 0.1) is 13.7 Å². The molecule has 0 radical (unpaired) electrons. The maximum atomic E-state index is 11.6. The molecule has 1 amide bonds. The number of halogens is 1. The van der Waals surface area contributed by atoms with Gasteiger partial charge in [-0.1, -0.05) is 0 Å². The molecule has 7 heteroatoms. The van der Waals surface area contributed by atoms with E-state index in [2.05, 4.69) is 5.32 Å². The molecule has 0 bridgehead atoms. The van der Waals surface area contributed by atoms with Crippen molar-refractivity contribution in [3.8, 4) is 0 Å². The number of carbonyl (C=O) groups is 1. The molecule has 6 nitrogen and oxygen atoms in total. The van der Waals surface area contributed by atoms with Gasteiger partial charge in [0, 0.05) is 24.8 Å². The van der Waals surface area contributed by atoms with Crippen LogP contribution in [0.1, 0.15) is 6.92 Å². The molecule has 0 aliphatic carbocycles. The molecule has 1 saturated heterocycles. The fourth-order valence-corrected chi connectivity index (χ4v) is 2.65. The third kappa shape index (κ3) is 2.40. The van der Waals surface area contributed by atoms with Gasteiger partial charge in [0.05, 0.1) is 8.49 Å². The first-order valence-corrected chi connectivity index (χ1v) is 6.57. The second-order valence-electron chi connectivity index (χ2n) is 4.05. The molecule has 1 unspecified atom stereocenters. The van der Waals surface area contributed by atoms with Crippen molar-refractivity contribution in [1.82, 2.24) is 5.32 Å². The average Bonchev–Trinajstić information content (AvgIpc) is 2.32. The molecular formula is C11H12IN3O3. The third-order valence-corrected chi connectivity index (χ3v) is 3.82. The zero-order chi connectivity index (χ0) is 13.3. The number of hydrogen-bond donors (Lipinski definition) is 1. The maximum absolute atomic E-state index is 11.6. The van der Waals surface area contributed by atoms with Gasteiger partial charge in [-0.3, -0.25) is 14.9 Å². The van der Waals surface area contributed by atoms with Crippen molar-refractivity contribution in [3.05, 3.63) is 31.9 Å². The van der Waals surface area contributed by atoms with Crippen LogP contribution in [-0.2, 0) is 4.79 Å². The Kier molecular flexibility index (Phi) is 3.69. The zero-order valence-electron chi connectivity index (χ0n) is 9.72. The third-order valence-electron chi connectivity index (χ3n) is 2.96. The van der Waals surface area contributed by atoms with E-state index in [4.69, 9.17) is 0 Å². The van der Waals surface area contributed by atoms with Crippen LogP contribution in [0.2, 0.25) is 0 Å². The highest BCUT2D eigenvalue weighted by molar-refractivity contribution is 14.1. The Balaban J connectivity index is 2.31. The molecule has 96 valence electrons. The fraction of sp³-hybridized carbons (Fsp3) is 0.364. The van der Waals surface area contributed by atoms with Crippen molar-refractivity contribution in [2.45, 2.75) is 13.0 Å². The van der Waals surface area contributed by atoms with Crippen LogP contribution in [0.15, 0.2) is 18.2 Å². The summed E-state index contributed by atoms with van der Waals surface area (Å²) in [6.07, 6.45) is 0. The summed E-state index contributed by atoms with van der Waals surface area (Å²) >= 11 is 1.94. The number of benzene rings is 1. The van der Waals surface area contributed by atoms with Crippen LogP contribution in [-0.4, -0.2) is 30.0 Å². The summed E-state index contributed by atoms with van der Waals surface area (Å²) in [5, 5.41) is 13.5. The molecule has 1 aromatic carbocycles. The Morgan fingerprint density at radius 3 is 2.89 bits per heavy atom. The molecule has 1 heterocycles. The van der Waals surface area contributed by atoms with Crippen LogP contribution in [0.5, 0.6) is 0 Å². The minimum Gasteiger partial charge on any atom is -0.358 e. The van der Waals surface area contributed by atoms with Crippen molar-refractivity contribution >= 4 is 39.9 Å². The summed E-state index contributed by atoms with van der Waals surface area (Å²) in [5.41, 5.74) is 0.931. The Morgan fingerprint density at radius 1 is 1.56 bits per heavy atom. The highest BCUT2D eigenvalue weighted by Gasteiger charge is 2.26. The molecule has 0 aromatic heterocycles. The van der Waals surface area contributed by atoms with Crippen LogP contribution in [0.4, 0.5) is 11.4 Å². The normalized spacial score (nSPS) is 19.6. The largest absolute Gasteiger partial charge is 0.358 e. The number of anilines is 1. The number of hydrogen-bond acceptors (Lipinski definition) is 4. The molecule has 1 aliphatic heterocycles. The highest BCUT2D eigenvalue weighted by atomic mass is 127. The van der Waals surface area contributed by atoms with Crippen molar-refractivity contribution < 1.29 is 9.72 Å². The van der Waals surface area contributed by atoms with Gasteiger partial charge in [-0.05, 0) is 41.6 Å². The summed E-state index contributed by atoms with van der Waals surface area (Å²) in [4.78, 5) is 23.9. The molecule has 1 fully saturated rings. The van der Waals surface area contributed by atoms with Gasteiger partial charge in [-0.2, -0.15) is 0 Å². The second-order valence-corrected chi connectivity index (χ2v) is 5.22. The Bertz CT molecular complexity index is 506. The Hall–Kier alpha value is -1.38. The van der Waals surface area contributed by atoms with Gasteiger partial charge in [0.15, 0.2) is 0 Å². The van der Waals surface area contributed by atoms with E-state index in [1.54, 1.807) is 12.1 Å². The summed E-state index contributed by atoms with van der Waals surface area (Å²) in [5.74, 6) is -0.0189. The summed E-state index contributed by atoms with van der Waals surface area (Å²) in [6.45, 7) is 3.13. The number of nitro groups is 1. The quantitative estimate of drug-likeness (QED) is 0.493. The SMILES string of the molecule is CC1C(=O)NCCN1c1ccc([N+](=O)[O-])c(I)c1. The molecule has 0 saturated carbocycles. The average molecular weight is 361 g/mol. The molecule has 0 spiro atoms. The highest BCUT2D eigenvalue weighted by Crippen LogP contribution is 2.27. The van der Waals surface area contributed by atoms with Gasteiger partial charge < -0.3 is 10.2 Å². The van der Waals surface area contributed by atoms with E-state index in [0.717, 1.165) is 5.69 Å².